The van der Waals surface area contributed by atoms with Crippen LogP contribution in [-0.2, 0) is 11.3 Å². The molecule has 120 valence electrons. The van der Waals surface area contributed by atoms with E-state index in [1.165, 1.54) is 0 Å². The zero-order valence-electron chi connectivity index (χ0n) is 13.2. The van der Waals surface area contributed by atoms with E-state index < -0.39 is 0 Å². The fraction of sp³-hybridized carbons (Fsp3) is 0.438. The first-order chi connectivity index (χ1) is 10.7. The minimum absolute atomic E-state index is 0.0275. The van der Waals surface area contributed by atoms with Gasteiger partial charge in [-0.25, -0.2) is 4.98 Å². The molecule has 22 heavy (non-hydrogen) atoms. The van der Waals surface area contributed by atoms with Gasteiger partial charge in [0.15, 0.2) is 11.5 Å². The Morgan fingerprint density at radius 3 is 2.68 bits per heavy atom. The normalized spacial score (nSPS) is 10.7. The number of methoxy groups -OCH3 is 2. The molecule has 1 N–H and O–H groups in total. The summed E-state index contributed by atoms with van der Waals surface area (Å²) in [6, 6.07) is 3.95. The van der Waals surface area contributed by atoms with Crippen molar-refractivity contribution in [3.63, 3.8) is 0 Å². The smallest absolute Gasteiger partial charge is 0.171 e. The molecule has 0 aliphatic carbocycles. The van der Waals surface area contributed by atoms with E-state index in [-0.39, 0.29) is 6.61 Å². The Bertz CT molecular complexity index is 610. The molecular weight excluding hydrogens is 284 g/mol. The summed E-state index contributed by atoms with van der Waals surface area (Å²) in [4.78, 5) is 4.43. The minimum Gasteiger partial charge on any atom is -0.493 e. The SMILES string of the molecule is COc1cc(C)cc(-c2nccn2CCOCCO)c1OC. The van der Waals surface area contributed by atoms with Crippen LogP contribution in [0.3, 0.4) is 0 Å². The van der Waals surface area contributed by atoms with E-state index in [0.29, 0.717) is 31.3 Å². The third kappa shape index (κ3) is 3.58. The van der Waals surface area contributed by atoms with Crippen LogP contribution in [-0.4, -0.2) is 48.7 Å². The number of aliphatic hydroxyl groups is 1. The first-order valence-electron chi connectivity index (χ1n) is 7.14. The van der Waals surface area contributed by atoms with Crippen LogP contribution < -0.4 is 9.47 Å². The first kappa shape index (κ1) is 16.3. The standard InChI is InChI=1S/C16H22N2O4/c1-12-10-13(15(21-3)14(11-12)20-2)16-17-4-5-18(16)6-8-22-9-7-19/h4-5,10-11,19H,6-9H2,1-3H3. The van der Waals surface area contributed by atoms with Crippen molar-refractivity contribution in [3.8, 4) is 22.9 Å². The Morgan fingerprint density at radius 1 is 1.18 bits per heavy atom. The van der Waals surface area contributed by atoms with Gasteiger partial charge in [0.05, 0.1) is 39.6 Å². The summed E-state index contributed by atoms with van der Waals surface area (Å²) in [5, 5.41) is 8.74. The second kappa shape index (κ2) is 7.82. The van der Waals surface area contributed by atoms with Gasteiger partial charge in [0.2, 0.25) is 0 Å². The fourth-order valence-electron chi connectivity index (χ4n) is 2.33. The Labute approximate surface area is 130 Å². The number of aryl methyl sites for hydroxylation is 1. The van der Waals surface area contributed by atoms with E-state index in [2.05, 4.69) is 4.98 Å². The number of aliphatic hydroxyl groups excluding tert-OH is 1. The van der Waals surface area contributed by atoms with Crippen molar-refractivity contribution in [3.05, 3.63) is 30.1 Å². The molecule has 2 rings (SSSR count). The number of rotatable bonds is 8. The topological polar surface area (TPSA) is 65.7 Å². The molecular formula is C16H22N2O4. The molecule has 2 aromatic rings. The van der Waals surface area contributed by atoms with Crippen molar-refractivity contribution in [2.75, 3.05) is 34.0 Å². The van der Waals surface area contributed by atoms with E-state index in [4.69, 9.17) is 19.3 Å². The molecule has 0 aliphatic rings. The molecule has 0 amide bonds. The number of hydrogen-bond donors (Lipinski definition) is 1. The molecule has 0 bridgehead atoms. The first-order valence-corrected chi connectivity index (χ1v) is 7.14. The summed E-state index contributed by atoms with van der Waals surface area (Å²) >= 11 is 0. The molecule has 0 radical (unpaired) electrons. The van der Waals surface area contributed by atoms with Gasteiger partial charge in [-0.2, -0.15) is 0 Å². The van der Waals surface area contributed by atoms with Crippen LogP contribution >= 0.6 is 0 Å². The van der Waals surface area contributed by atoms with Crippen LogP contribution in [0.1, 0.15) is 5.56 Å². The van der Waals surface area contributed by atoms with Crippen molar-refractivity contribution in [2.45, 2.75) is 13.5 Å². The van der Waals surface area contributed by atoms with E-state index in [9.17, 15) is 0 Å². The fourth-order valence-corrected chi connectivity index (χ4v) is 2.33. The minimum atomic E-state index is 0.0275. The maximum absolute atomic E-state index is 8.74. The van der Waals surface area contributed by atoms with Gasteiger partial charge in [-0.3, -0.25) is 0 Å². The molecule has 0 spiro atoms. The number of nitrogens with zero attached hydrogens (tertiary/aromatic N) is 2. The van der Waals surface area contributed by atoms with Crippen molar-refractivity contribution in [2.24, 2.45) is 0 Å². The number of aromatic nitrogens is 2. The number of hydrogen-bond acceptors (Lipinski definition) is 5. The van der Waals surface area contributed by atoms with E-state index >= 15 is 0 Å². The zero-order chi connectivity index (χ0) is 15.9. The predicted molar refractivity (Wildman–Crippen MR) is 83.4 cm³/mol. The lowest BCUT2D eigenvalue weighted by Gasteiger charge is -2.15. The molecule has 1 aromatic carbocycles. The van der Waals surface area contributed by atoms with Gasteiger partial charge in [-0.05, 0) is 24.6 Å². The van der Waals surface area contributed by atoms with Gasteiger partial charge in [-0.15, -0.1) is 0 Å². The third-order valence-electron chi connectivity index (χ3n) is 3.29. The Balaban J connectivity index is 2.32. The quantitative estimate of drug-likeness (QED) is 0.754. The summed E-state index contributed by atoms with van der Waals surface area (Å²) in [7, 11) is 3.24. The Kier molecular flexibility index (Phi) is 5.80. The van der Waals surface area contributed by atoms with E-state index in [1.807, 2.05) is 29.8 Å². The molecule has 1 aromatic heterocycles. The van der Waals surface area contributed by atoms with Gasteiger partial charge in [0.25, 0.3) is 0 Å². The molecule has 0 saturated carbocycles. The molecule has 0 saturated heterocycles. The molecule has 6 heteroatoms. The van der Waals surface area contributed by atoms with E-state index in [1.54, 1.807) is 20.4 Å². The Morgan fingerprint density at radius 2 is 2.00 bits per heavy atom. The highest BCUT2D eigenvalue weighted by atomic mass is 16.5. The monoisotopic (exact) mass is 306 g/mol. The molecule has 6 nitrogen and oxygen atoms in total. The van der Waals surface area contributed by atoms with Gasteiger partial charge in [0.1, 0.15) is 5.82 Å². The molecule has 0 aliphatic heterocycles. The summed E-state index contributed by atoms with van der Waals surface area (Å²) in [6.07, 6.45) is 3.64. The average molecular weight is 306 g/mol. The second-order valence-electron chi connectivity index (χ2n) is 4.83. The third-order valence-corrected chi connectivity index (χ3v) is 3.29. The lowest BCUT2D eigenvalue weighted by atomic mass is 10.1. The largest absolute Gasteiger partial charge is 0.493 e. The predicted octanol–water partition coefficient (Wildman–Crippen LogP) is 1.88. The highest BCUT2D eigenvalue weighted by molar-refractivity contribution is 5.70. The number of ether oxygens (including phenoxy) is 3. The maximum atomic E-state index is 8.74. The molecule has 0 atom stereocenters. The van der Waals surface area contributed by atoms with Gasteiger partial charge in [-0.1, -0.05) is 0 Å². The van der Waals surface area contributed by atoms with Gasteiger partial charge < -0.3 is 23.9 Å². The lowest BCUT2D eigenvalue weighted by Crippen LogP contribution is -2.09. The zero-order valence-corrected chi connectivity index (χ0v) is 13.2. The van der Waals surface area contributed by atoms with E-state index in [0.717, 1.165) is 17.0 Å². The summed E-state index contributed by atoms with van der Waals surface area (Å²) in [6.45, 7) is 3.53. The second-order valence-corrected chi connectivity index (χ2v) is 4.83. The van der Waals surface area contributed by atoms with Crippen LogP contribution in [0.2, 0.25) is 0 Å². The van der Waals surface area contributed by atoms with Crippen LogP contribution in [0.4, 0.5) is 0 Å². The van der Waals surface area contributed by atoms with Crippen molar-refractivity contribution < 1.29 is 19.3 Å². The molecule has 0 unspecified atom stereocenters. The van der Waals surface area contributed by atoms with Crippen molar-refractivity contribution >= 4 is 0 Å². The van der Waals surface area contributed by atoms with Crippen LogP contribution in [0, 0.1) is 6.92 Å². The van der Waals surface area contributed by atoms with Crippen molar-refractivity contribution in [1.29, 1.82) is 0 Å². The maximum Gasteiger partial charge on any atom is 0.171 e. The van der Waals surface area contributed by atoms with Crippen molar-refractivity contribution in [1.82, 2.24) is 9.55 Å². The Hall–Kier alpha value is -2.05. The molecule has 1 heterocycles. The lowest BCUT2D eigenvalue weighted by molar-refractivity contribution is 0.0872. The van der Waals surface area contributed by atoms with Crippen LogP contribution in [0.5, 0.6) is 11.5 Å². The van der Waals surface area contributed by atoms with Crippen LogP contribution in [0.15, 0.2) is 24.5 Å². The number of imidazole rings is 1. The average Bonchev–Trinajstić information content (AvgIpc) is 2.99. The van der Waals surface area contributed by atoms with Crippen LogP contribution in [0.25, 0.3) is 11.4 Å². The molecule has 0 fully saturated rings. The summed E-state index contributed by atoms with van der Waals surface area (Å²) < 4.78 is 18.2. The van der Waals surface area contributed by atoms with Gasteiger partial charge in [0, 0.05) is 18.9 Å². The highest BCUT2D eigenvalue weighted by Gasteiger charge is 2.16. The van der Waals surface area contributed by atoms with Gasteiger partial charge >= 0.3 is 0 Å². The summed E-state index contributed by atoms with van der Waals surface area (Å²) in [5.74, 6) is 2.15. The summed E-state index contributed by atoms with van der Waals surface area (Å²) in [5.41, 5.74) is 1.95. The number of benzene rings is 1. The highest BCUT2D eigenvalue weighted by Crippen LogP contribution is 2.38.